The Morgan fingerprint density at radius 1 is 1.17 bits per heavy atom. The number of carbonyl (C=O) groups is 2. The summed E-state index contributed by atoms with van der Waals surface area (Å²) in [5, 5.41) is 23.8. The van der Waals surface area contributed by atoms with Gasteiger partial charge in [-0.15, -0.1) is 6.42 Å². The van der Waals surface area contributed by atoms with Gasteiger partial charge in [-0.05, 0) is 88.2 Å². The first-order valence-electron chi connectivity index (χ1n) is 17.3. The number of ether oxygens (including phenoxy) is 1. The number of fused-ring (bicyclic) bond motifs is 3. The Labute approximate surface area is 299 Å². The average molecular weight is 706 g/mol. The number of imide groups is 1. The second kappa shape index (κ2) is 13.8. The van der Waals surface area contributed by atoms with Gasteiger partial charge in [0.1, 0.15) is 35.2 Å². The van der Waals surface area contributed by atoms with Gasteiger partial charge in [0.05, 0.1) is 28.0 Å². The smallest absolute Gasteiger partial charge is 0.319 e. The van der Waals surface area contributed by atoms with Crippen molar-refractivity contribution >= 4 is 39.8 Å². The lowest BCUT2D eigenvalue weighted by molar-refractivity contribution is -0.121. The fourth-order valence-corrected chi connectivity index (χ4v) is 8.19. The van der Waals surface area contributed by atoms with Crippen LogP contribution in [0.2, 0.25) is 0 Å². The van der Waals surface area contributed by atoms with E-state index in [0.717, 1.165) is 38.8 Å². The number of aromatic nitrogens is 3. The molecule has 0 spiro atoms. The zero-order valence-electron chi connectivity index (χ0n) is 28.7. The molecule has 0 saturated carbocycles. The van der Waals surface area contributed by atoms with Crippen LogP contribution in [0.1, 0.15) is 51.0 Å². The molecule has 3 fully saturated rings. The second-order valence-electron chi connectivity index (χ2n) is 14.0. The summed E-state index contributed by atoms with van der Waals surface area (Å²) in [6.45, 7) is 4.79. The van der Waals surface area contributed by atoms with Gasteiger partial charge in [0.2, 0.25) is 12.3 Å². The number of anilines is 1. The van der Waals surface area contributed by atoms with E-state index in [1.54, 1.807) is 6.08 Å². The zero-order valence-corrected chi connectivity index (χ0v) is 28.7. The van der Waals surface area contributed by atoms with Crippen LogP contribution >= 0.6 is 0 Å². The molecule has 11 nitrogen and oxygen atoms in total. The molecule has 0 radical (unpaired) electrons. The first-order valence-corrected chi connectivity index (χ1v) is 17.3. The van der Waals surface area contributed by atoms with Crippen molar-refractivity contribution in [3.63, 3.8) is 0 Å². The van der Waals surface area contributed by atoms with Crippen LogP contribution in [0.4, 0.5) is 14.6 Å². The highest BCUT2D eigenvalue weighted by Crippen LogP contribution is 2.42. The van der Waals surface area contributed by atoms with Crippen LogP contribution < -0.4 is 15.0 Å². The lowest BCUT2D eigenvalue weighted by Crippen LogP contribution is -2.43. The maximum absolute atomic E-state index is 17.1. The number of hydrogen-bond donors (Lipinski definition) is 2. The topological polar surface area (TPSA) is 145 Å². The molecule has 4 aromatic rings. The SMILES string of the molecule is C#Cc1c(F)ccc2cc(O)cc(-c3ncc4c(N5CCC[C@](C)(C#N)[C@@H](C=CC(=O)NC=O)C5)nc(OCC56CCCN5CCC6)nc4c3F)c12. The quantitative estimate of drug-likeness (QED) is 0.139. The van der Waals surface area contributed by atoms with Crippen LogP contribution in [0.5, 0.6) is 11.8 Å². The number of carbonyl (C=O) groups excluding carboxylic acids is 2. The van der Waals surface area contributed by atoms with Gasteiger partial charge < -0.3 is 14.7 Å². The van der Waals surface area contributed by atoms with Gasteiger partial charge in [-0.1, -0.05) is 18.1 Å². The molecule has 266 valence electrons. The van der Waals surface area contributed by atoms with Crippen molar-refractivity contribution in [1.82, 2.24) is 25.2 Å². The first kappa shape index (κ1) is 34.8. The van der Waals surface area contributed by atoms with Crippen LogP contribution in [0, 0.1) is 46.6 Å². The Kier molecular flexibility index (Phi) is 9.24. The molecule has 52 heavy (non-hydrogen) atoms. The average Bonchev–Trinajstić information content (AvgIpc) is 3.67. The lowest BCUT2D eigenvalue weighted by Gasteiger charge is -2.32. The number of phenolic OH excluding ortho intramolecular Hbond substituents is 1. The first-order chi connectivity index (χ1) is 25.1. The minimum Gasteiger partial charge on any atom is -0.508 e. The van der Waals surface area contributed by atoms with Crippen molar-refractivity contribution in [3.05, 3.63) is 59.8 Å². The molecule has 0 bridgehead atoms. The van der Waals surface area contributed by atoms with Crippen LogP contribution in [-0.2, 0) is 9.59 Å². The molecule has 3 aliphatic rings. The second-order valence-corrected chi connectivity index (χ2v) is 14.0. The van der Waals surface area contributed by atoms with E-state index >= 15 is 4.39 Å². The van der Waals surface area contributed by atoms with E-state index in [1.807, 2.05) is 11.8 Å². The van der Waals surface area contributed by atoms with Gasteiger partial charge in [0.15, 0.2) is 5.82 Å². The molecule has 7 rings (SSSR count). The number of phenols is 1. The number of pyridine rings is 1. The Bertz CT molecular complexity index is 2200. The molecule has 2 aromatic heterocycles. The van der Waals surface area contributed by atoms with Gasteiger partial charge in [0.25, 0.3) is 0 Å². The number of terminal acetylenes is 1. The van der Waals surface area contributed by atoms with Crippen molar-refractivity contribution < 1.29 is 28.2 Å². The summed E-state index contributed by atoms with van der Waals surface area (Å²) < 4.78 is 38.4. The van der Waals surface area contributed by atoms with Gasteiger partial charge in [-0.3, -0.25) is 24.8 Å². The Balaban J connectivity index is 1.38. The molecular weight excluding hydrogens is 668 g/mol. The molecule has 3 aliphatic heterocycles. The Morgan fingerprint density at radius 3 is 2.67 bits per heavy atom. The molecule has 0 aliphatic carbocycles. The number of nitrogens with zero attached hydrogens (tertiary/aromatic N) is 6. The maximum atomic E-state index is 17.1. The van der Waals surface area contributed by atoms with E-state index in [0.29, 0.717) is 43.6 Å². The lowest BCUT2D eigenvalue weighted by atomic mass is 9.75. The fraction of sp³-hybridized carbons (Fsp3) is 0.385. The highest BCUT2D eigenvalue weighted by molar-refractivity contribution is 6.03. The van der Waals surface area contributed by atoms with Crippen LogP contribution in [0.3, 0.4) is 0 Å². The number of rotatable bonds is 8. The minimum atomic E-state index is -0.862. The van der Waals surface area contributed by atoms with Crippen molar-refractivity contribution in [2.24, 2.45) is 11.3 Å². The predicted molar refractivity (Wildman–Crippen MR) is 190 cm³/mol. The minimum absolute atomic E-state index is 0.0347. The van der Waals surface area contributed by atoms with E-state index < -0.39 is 28.9 Å². The molecular formula is C39H37F2N7O4. The number of nitrogens with one attached hydrogen (secondary N) is 1. The van der Waals surface area contributed by atoms with Gasteiger partial charge >= 0.3 is 6.01 Å². The molecule has 2 aromatic carbocycles. The third kappa shape index (κ3) is 6.15. The Hall–Kier alpha value is -5.66. The van der Waals surface area contributed by atoms with Crippen LogP contribution in [0.15, 0.2) is 42.6 Å². The molecule has 5 heterocycles. The number of amides is 2. The summed E-state index contributed by atoms with van der Waals surface area (Å²) in [5.41, 5.74) is -1.31. The predicted octanol–water partition coefficient (Wildman–Crippen LogP) is 5.39. The van der Waals surface area contributed by atoms with Gasteiger partial charge in [-0.25, -0.2) is 8.78 Å². The van der Waals surface area contributed by atoms with E-state index in [4.69, 9.17) is 16.1 Å². The molecule has 0 unspecified atom stereocenters. The van der Waals surface area contributed by atoms with Gasteiger partial charge in [0, 0.05) is 36.2 Å². The van der Waals surface area contributed by atoms with E-state index in [-0.39, 0.29) is 57.0 Å². The number of nitriles is 1. The van der Waals surface area contributed by atoms with E-state index in [1.165, 1.54) is 36.5 Å². The van der Waals surface area contributed by atoms with Crippen LogP contribution in [0.25, 0.3) is 32.9 Å². The van der Waals surface area contributed by atoms with Crippen molar-refractivity contribution in [2.75, 3.05) is 37.7 Å². The molecule has 13 heteroatoms. The number of aromatic hydroxyl groups is 1. The largest absolute Gasteiger partial charge is 0.508 e. The van der Waals surface area contributed by atoms with E-state index in [2.05, 4.69) is 32.2 Å². The number of benzene rings is 2. The Morgan fingerprint density at radius 2 is 1.94 bits per heavy atom. The number of hydrogen-bond acceptors (Lipinski definition) is 10. The molecule has 2 amide bonds. The highest BCUT2D eigenvalue weighted by atomic mass is 19.1. The number of halogens is 2. The van der Waals surface area contributed by atoms with Crippen LogP contribution in [-0.4, -0.2) is 75.6 Å². The summed E-state index contributed by atoms with van der Waals surface area (Å²) in [6.07, 6.45) is 15.4. The summed E-state index contributed by atoms with van der Waals surface area (Å²) in [4.78, 5) is 41.3. The molecule has 2 atom stereocenters. The van der Waals surface area contributed by atoms with Gasteiger partial charge in [-0.2, -0.15) is 15.2 Å². The summed E-state index contributed by atoms with van der Waals surface area (Å²) >= 11 is 0. The van der Waals surface area contributed by atoms with Crippen molar-refractivity contribution in [2.45, 2.75) is 51.0 Å². The van der Waals surface area contributed by atoms with Crippen molar-refractivity contribution in [1.29, 1.82) is 5.26 Å². The third-order valence-electron chi connectivity index (χ3n) is 11.0. The van der Waals surface area contributed by atoms with Crippen molar-refractivity contribution in [3.8, 4) is 41.4 Å². The molecule has 2 N–H and O–H groups in total. The molecule has 3 saturated heterocycles. The summed E-state index contributed by atoms with van der Waals surface area (Å²) in [5.74, 6) is -0.110. The summed E-state index contributed by atoms with van der Waals surface area (Å²) in [6, 6.07) is 7.74. The zero-order chi connectivity index (χ0) is 36.6. The maximum Gasteiger partial charge on any atom is 0.319 e. The highest BCUT2D eigenvalue weighted by Gasteiger charge is 2.45. The van der Waals surface area contributed by atoms with E-state index in [9.17, 15) is 24.3 Å². The monoisotopic (exact) mass is 705 g/mol. The normalized spacial score (nSPS) is 21.5. The summed E-state index contributed by atoms with van der Waals surface area (Å²) in [7, 11) is 0. The fourth-order valence-electron chi connectivity index (χ4n) is 8.19. The third-order valence-corrected chi connectivity index (χ3v) is 11.0. The standard InChI is InChI=1S/C39H37F2N7O4/c1-3-27-30(40)9-7-24-17-26(50)18-28(32(24)27)34-33(41)35-29(19-43-34)36(46-37(45-35)52-22-39-12-5-15-48(39)16-6-13-39)47-14-4-11-38(2,21-42)25(20-47)8-10-31(51)44-23-49/h1,7-10,17-19,23,25,50H,4-6,11-16,20,22H2,2H3,(H,44,49,51)/t25-,38+/m0/s1.